The van der Waals surface area contributed by atoms with Crippen LogP contribution in [0.15, 0.2) is 18.2 Å². The normalized spacial score (nSPS) is 21.0. The average molecular weight is 237 g/mol. The van der Waals surface area contributed by atoms with Crippen molar-refractivity contribution in [2.45, 2.75) is 20.3 Å². The quantitative estimate of drug-likeness (QED) is 0.847. The van der Waals surface area contributed by atoms with Crippen LogP contribution in [-0.2, 0) is 0 Å². The molecule has 1 aliphatic rings. The van der Waals surface area contributed by atoms with Crippen LogP contribution in [0, 0.1) is 17.2 Å². The molecule has 0 heterocycles. The Morgan fingerprint density at radius 2 is 2.24 bits per heavy atom. The Hall–Kier alpha value is -1.58. The molecule has 92 valence electrons. The number of hydrogen-bond donors (Lipinski definition) is 2. The van der Waals surface area contributed by atoms with E-state index in [1.165, 1.54) is 6.07 Å². The zero-order chi connectivity index (χ0) is 12.6. The number of carbonyl (C=O) groups excluding carboxylic acids is 1. The molecule has 1 aromatic carbocycles. The Labute approximate surface area is 99.7 Å². The summed E-state index contributed by atoms with van der Waals surface area (Å²) in [6.45, 7) is 4.90. The third kappa shape index (κ3) is 2.57. The molecule has 1 saturated carbocycles. The molecular weight excluding hydrogens is 221 g/mol. The fourth-order valence-electron chi connectivity index (χ4n) is 1.93. The highest BCUT2D eigenvalue weighted by molar-refractivity contribution is 5.96. The van der Waals surface area contributed by atoms with Gasteiger partial charge in [0, 0.05) is 12.6 Å². The number of nitrogens with one attached hydrogen (secondary N) is 1. The van der Waals surface area contributed by atoms with E-state index in [-0.39, 0.29) is 17.2 Å². The van der Waals surface area contributed by atoms with E-state index in [4.69, 9.17) is 0 Å². The maximum absolute atomic E-state index is 12.7. The number of amides is 1. The second kappa shape index (κ2) is 4.02. The monoisotopic (exact) mass is 237 g/mol. The molecule has 1 unspecified atom stereocenters. The molecule has 1 fully saturated rings. The van der Waals surface area contributed by atoms with Crippen molar-refractivity contribution in [3.63, 3.8) is 0 Å². The number of halogens is 1. The molecule has 0 radical (unpaired) electrons. The summed E-state index contributed by atoms with van der Waals surface area (Å²) < 4.78 is 12.7. The van der Waals surface area contributed by atoms with Crippen molar-refractivity contribution < 1.29 is 14.3 Å². The van der Waals surface area contributed by atoms with E-state index in [1.54, 1.807) is 0 Å². The number of carbonyl (C=O) groups is 1. The Balaban J connectivity index is 1.96. The first kappa shape index (κ1) is 11.9. The van der Waals surface area contributed by atoms with Gasteiger partial charge < -0.3 is 10.4 Å². The van der Waals surface area contributed by atoms with Crippen LogP contribution in [0.4, 0.5) is 4.39 Å². The van der Waals surface area contributed by atoms with Crippen molar-refractivity contribution in [2.24, 2.45) is 11.3 Å². The number of phenolic OH excluding ortho intramolecular Hbond substituents is 1. The van der Waals surface area contributed by atoms with Crippen molar-refractivity contribution >= 4 is 5.91 Å². The zero-order valence-electron chi connectivity index (χ0n) is 9.96. The molecule has 4 heteroatoms. The summed E-state index contributed by atoms with van der Waals surface area (Å²) in [5, 5.41) is 12.2. The van der Waals surface area contributed by atoms with Gasteiger partial charge in [0.15, 0.2) is 0 Å². The maximum Gasteiger partial charge on any atom is 0.255 e. The van der Waals surface area contributed by atoms with E-state index >= 15 is 0 Å². The molecule has 0 spiro atoms. The van der Waals surface area contributed by atoms with E-state index in [2.05, 4.69) is 19.2 Å². The molecular formula is C13H16FNO2. The van der Waals surface area contributed by atoms with Gasteiger partial charge in [-0.05, 0) is 29.9 Å². The fraction of sp³-hybridized carbons (Fsp3) is 0.462. The van der Waals surface area contributed by atoms with Crippen LogP contribution >= 0.6 is 0 Å². The fourth-order valence-corrected chi connectivity index (χ4v) is 1.93. The summed E-state index contributed by atoms with van der Waals surface area (Å²) in [4.78, 5) is 11.7. The lowest BCUT2D eigenvalue weighted by Crippen LogP contribution is -2.26. The molecule has 3 nitrogen and oxygen atoms in total. The number of hydrogen-bond acceptors (Lipinski definition) is 2. The SMILES string of the molecule is CC1(C)CC1CNC(=O)c1ccc(F)cc1O. The number of phenols is 1. The highest BCUT2D eigenvalue weighted by atomic mass is 19.1. The van der Waals surface area contributed by atoms with Gasteiger partial charge in [-0.2, -0.15) is 0 Å². The van der Waals surface area contributed by atoms with E-state index in [0.29, 0.717) is 17.9 Å². The molecule has 1 aromatic rings. The predicted molar refractivity (Wildman–Crippen MR) is 62.3 cm³/mol. The Kier molecular flexibility index (Phi) is 2.81. The topological polar surface area (TPSA) is 49.3 Å². The first-order valence-electron chi connectivity index (χ1n) is 5.67. The first-order valence-corrected chi connectivity index (χ1v) is 5.67. The van der Waals surface area contributed by atoms with E-state index in [1.807, 2.05) is 0 Å². The minimum absolute atomic E-state index is 0.116. The Morgan fingerprint density at radius 3 is 2.76 bits per heavy atom. The van der Waals surface area contributed by atoms with Crippen LogP contribution in [0.3, 0.4) is 0 Å². The first-order chi connectivity index (χ1) is 7.90. The Morgan fingerprint density at radius 1 is 1.59 bits per heavy atom. The second-order valence-corrected chi connectivity index (χ2v) is 5.26. The summed E-state index contributed by atoms with van der Waals surface area (Å²) in [5.41, 5.74) is 0.419. The molecule has 1 aliphatic carbocycles. The van der Waals surface area contributed by atoms with Crippen molar-refractivity contribution in [2.75, 3.05) is 6.54 Å². The van der Waals surface area contributed by atoms with Gasteiger partial charge in [-0.1, -0.05) is 13.8 Å². The van der Waals surface area contributed by atoms with Gasteiger partial charge in [0.05, 0.1) is 5.56 Å². The van der Waals surface area contributed by atoms with Gasteiger partial charge in [0.25, 0.3) is 5.91 Å². The Bertz CT molecular complexity index is 457. The largest absolute Gasteiger partial charge is 0.507 e. The molecule has 2 N–H and O–H groups in total. The van der Waals surface area contributed by atoms with Gasteiger partial charge in [-0.3, -0.25) is 4.79 Å². The van der Waals surface area contributed by atoms with Crippen LogP contribution < -0.4 is 5.32 Å². The van der Waals surface area contributed by atoms with Crippen LogP contribution in [0.25, 0.3) is 0 Å². The summed E-state index contributed by atoms with van der Waals surface area (Å²) in [7, 11) is 0. The van der Waals surface area contributed by atoms with E-state index in [9.17, 15) is 14.3 Å². The van der Waals surface area contributed by atoms with Gasteiger partial charge in [-0.15, -0.1) is 0 Å². The molecule has 0 aliphatic heterocycles. The maximum atomic E-state index is 12.7. The number of rotatable bonds is 3. The predicted octanol–water partition coefficient (Wildman–Crippen LogP) is 2.31. The van der Waals surface area contributed by atoms with Crippen LogP contribution in [0.1, 0.15) is 30.6 Å². The van der Waals surface area contributed by atoms with Crippen molar-refractivity contribution in [1.82, 2.24) is 5.32 Å². The minimum Gasteiger partial charge on any atom is -0.507 e. The van der Waals surface area contributed by atoms with Gasteiger partial charge in [0.2, 0.25) is 0 Å². The summed E-state index contributed by atoms with van der Waals surface area (Å²) in [5.74, 6) is -0.737. The number of aromatic hydroxyl groups is 1. The molecule has 1 amide bonds. The van der Waals surface area contributed by atoms with Crippen LogP contribution in [0.5, 0.6) is 5.75 Å². The summed E-state index contributed by atoms with van der Waals surface area (Å²) >= 11 is 0. The standard InChI is InChI=1S/C13H16FNO2/c1-13(2)6-8(13)7-15-12(17)10-4-3-9(14)5-11(10)16/h3-5,8,16H,6-7H2,1-2H3,(H,15,17). The number of benzene rings is 1. The molecule has 1 atom stereocenters. The van der Waals surface area contributed by atoms with E-state index < -0.39 is 5.82 Å². The highest BCUT2D eigenvalue weighted by Gasteiger charge is 2.45. The van der Waals surface area contributed by atoms with Crippen LogP contribution in [-0.4, -0.2) is 17.6 Å². The second-order valence-electron chi connectivity index (χ2n) is 5.26. The minimum atomic E-state index is -0.553. The lowest BCUT2D eigenvalue weighted by molar-refractivity contribution is 0.0948. The molecule has 0 saturated heterocycles. The van der Waals surface area contributed by atoms with Crippen molar-refractivity contribution in [3.8, 4) is 5.75 Å². The zero-order valence-corrected chi connectivity index (χ0v) is 9.96. The van der Waals surface area contributed by atoms with Crippen LogP contribution in [0.2, 0.25) is 0 Å². The lowest BCUT2D eigenvalue weighted by Gasteiger charge is -2.07. The molecule has 0 aromatic heterocycles. The average Bonchev–Trinajstić information content (AvgIpc) is 2.83. The lowest BCUT2D eigenvalue weighted by atomic mass is 10.1. The summed E-state index contributed by atoms with van der Waals surface area (Å²) in [6.07, 6.45) is 1.10. The van der Waals surface area contributed by atoms with Gasteiger partial charge in [-0.25, -0.2) is 4.39 Å². The molecule has 17 heavy (non-hydrogen) atoms. The molecule has 2 rings (SSSR count). The van der Waals surface area contributed by atoms with Gasteiger partial charge in [0.1, 0.15) is 11.6 Å². The summed E-state index contributed by atoms with van der Waals surface area (Å²) in [6, 6.07) is 3.39. The smallest absolute Gasteiger partial charge is 0.255 e. The third-order valence-corrected chi connectivity index (χ3v) is 3.43. The highest BCUT2D eigenvalue weighted by Crippen LogP contribution is 2.50. The molecule has 0 bridgehead atoms. The van der Waals surface area contributed by atoms with Crippen molar-refractivity contribution in [3.05, 3.63) is 29.6 Å². The third-order valence-electron chi connectivity index (χ3n) is 3.43. The van der Waals surface area contributed by atoms with Crippen molar-refractivity contribution in [1.29, 1.82) is 0 Å². The van der Waals surface area contributed by atoms with E-state index in [0.717, 1.165) is 18.6 Å². The van der Waals surface area contributed by atoms with Gasteiger partial charge >= 0.3 is 0 Å².